The van der Waals surface area contributed by atoms with Gasteiger partial charge in [0.2, 0.25) is 5.91 Å². The van der Waals surface area contributed by atoms with Gasteiger partial charge in [0.25, 0.3) is 20.0 Å². The molecule has 0 aliphatic carbocycles. The third kappa shape index (κ3) is 6.26. The number of hydrogen-bond donors (Lipinski definition) is 2. The summed E-state index contributed by atoms with van der Waals surface area (Å²) >= 11 is 6.27. The number of nitrogens with one attached hydrogen (secondary N) is 2. The molecule has 4 rings (SSSR count). The fourth-order valence-corrected chi connectivity index (χ4v) is 6.10. The zero-order valence-corrected chi connectivity index (χ0v) is 21.5. The van der Waals surface area contributed by atoms with Crippen molar-refractivity contribution < 1.29 is 21.6 Å². The molecule has 0 aliphatic heterocycles. The van der Waals surface area contributed by atoms with E-state index in [1.165, 1.54) is 60.8 Å². The van der Waals surface area contributed by atoms with Crippen molar-refractivity contribution in [1.82, 2.24) is 4.98 Å². The molecule has 0 spiro atoms. The van der Waals surface area contributed by atoms with E-state index in [2.05, 4.69) is 15.0 Å². The molecule has 0 aliphatic rings. The van der Waals surface area contributed by atoms with Crippen molar-refractivity contribution in [1.29, 1.82) is 0 Å². The van der Waals surface area contributed by atoms with Crippen LogP contribution in [0.4, 0.5) is 17.2 Å². The predicted octanol–water partition coefficient (Wildman–Crippen LogP) is 4.37. The van der Waals surface area contributed by atoms with Crippen LogP contribution in [0.25, 0.3) is 0 Å². The molecule has 37 heavy (non-hydrogen) atoms. The molecule has 2 N–H and O–H groups in total. The largest absolute Gasteiger partial charge is 0.325 e. The molecule has 0 unspecified atom stereocenters. The Kier molecular flexibility index (Phi) is 7.77. The van der Waals surface area contributed by atoms with Crippen LogP contribution in [0, 0.1) is 0 Å². The average Bonchev–Trinajstić information content (AvgIpc) is 2.89. The number of pyridine rings is 1. The highest BCUT2D eigenvalue weighted by Gasteiger charge is 2.28. The number of para-hydroxylation sites is 1. The minimum absolute atomic E-state index is 0.00214. The number of rotatable bonds is 9. The molecule has 0 fully saturated rings. The normalized spacial score (nSPS) is 11.5. The molecule has 0 saturated carbocycles. The Morgan fingerprint density at radius 1 is 0.784 bits per heavy atom. The van der Waals surface area contributed by atoms with E-state index in [0.717, 1.165) is 4.31 Å². The predicted molar refractivity (Wildman–Crippen MR) is 143 cm³/mol. The van der Waals surface area contributed by atoms with E-state index in [1.54, 1.807) is 42.5 Å². The average molecular weight is 557 g/mol. The minimum atomic E-state index is -4.13. The molecule has 1 heterocycles. The summed E-state index contributed by atoms with van der Waals surface area (Å²) in [7, 11) is -8.02. The maximum Gasteiger partial charge on any atom is 0.264 e. The maximum atomic E-state index is 13.4. The second kappa shape index (κ2) is 11.0. The van der Waals surface area contributed by atoms with Crippen molar-refractivity contribution in [2.75, 3.05) is 20.9 Å². The molecule has 4 aromatic rings. The first-order chi connectivity index (χ1) is 17.7. The first kappa shape index (κ1) is 26.1. The van der Waals surface area contributed by atoms with Gasteiger partial charge in [-0.3, -0.25) is 13.8 Å². The van der Waals surface area contributed by atoms with Crippen LogP contribution in [0.2, 0.25) is 5.02 Å². The van der Waals surface area contributed by atoms with Crippen LogP contribution in [0.5, 0.6) is 0 Å². The van der Waals surface area contributed by atoms with Crippen LogP contribution in [0.1, 0.15) is 0 Å². The van der Waals surface area contributed by atoms with Crippen molar-refractivity contribution in [2.24, 2.45) is 0 Å². The summed E-state index contributed by atoms with van der Waals surface area (Å²) in [6.45, 7) is -0.567. The smallest absolute Gasteiger partial charge is 0.264 e. The van der Waals surface area contributed by atoms with Crippen LogP contribution in [0.3, 0.4) is 0 Å². The maximum absolute atomic E-state index is 13.4. The first-order valence-electron chi connectivity index (χ1n) is 10.8. The van der Waals surface area contributed by atoms with E-state index in [1.807, 2.05) is 0 Å². The van der Waals surface area contributed by atoms with Crippen LogP contribution >= 0.6 is 11.6 Å². The number of hydrogen-bond acceptors (Lipinski definition) is 6. The standard InChI is InChI=1S/C25H21ClN4O5S2/c26-22-10-4-5-11-23(22)30(37(34,35)21-8-2-1-3-9-21)18-25(31)28-19-13-15-20(16-14-19)36(32,33)29-24-12-6-7-17-27-24/h1-17H,18H2,(H,27,29)(H,28,31). The zero-order valence-electron chi connectivity index (χ0n) is 19.2. The van der Waals surface area contributed by atoms with Gasteiger partial charge in [-0.15, -0.1) is 0 Å². The van der Waals surface area contributed by atoms with Gasteiger partial charge in [0.05, 0.1) is 20.5 Å². The second-order valence-corrected chi connectivity index (χ2v) is 11.6. The van der Waals surface area contributed by atoms with Crippen molar-refractivity contribution >= 4 is 54.7 Å². The van der Waals surface area contributed by atoms with Gasteiger partial charge < -0.3 is 5.32 Å². The summed E-state index contributed by atoms with van der Waals surface area (Å²) in [5.74, 6) is -0.485. The molecule has 9 nitrogen and oxygen atoms in total. The molecule has 12 heteroatoms. The molecular formula is C25H21ClN4O5S2. The van der Waals surface area contributed by atoms with Gasteiger partial charge in [-0.1, -0.05) is 48.0 Å². The summed E-state index contributed by atoms with van der Waals surface area (Å²) < 4.78 is 55.2. The highest BCUT2D eigenvalue weighted by Crippen LogP contribution is 2.30. The Balaban J connectivity index is 1.53. The van der Waals surface area contributed by atoms with Gasteiger partial charge in [-0.25, -0.2) is 21.8 Å². The van der Waals surface area contributed by atoms with Crippen molar-refractivity contribution in [3.63, 3.8) is 0 Å². The Morgan fingerprint density at radius 3 is 2.08 bits per heavy atom. The van der Waals surface area contributed by atoms with Gasteiger partial charge >= 0.3 is 0 Å². The summed E-state index contributed by atoms with van der Waals surface area (Å²) in [5.41, 5.74) is 0.420. The zero-order chi connectivity index (χ0) is 26.5. The van der Waals surface area contributed by atoms with E-state index in [4.69, 9.17) is 11.6 Å². The number of nitrogens with zero attached hydrogens (tertiary/aromatic N) is 2. The molecule has 0 saturated heterocycles. The van der Waals surface area contributed by atoms with Crippen molar-refractivity contribution in [3.8, 4) is 0 Å². The number of amides is 1. The lowest BCUT2D eigenvalue weighted by Gasteiger charge is -2.25. The number of benzene rings is 3. The van der Waals surface area contributed by atoms with Gasteiger partial charge in [0.1, 0.15) is 12.4 Å². The number of aromatic nitrogens is 1. The van der Waals surface area contributed by atoms with E-state index in [9.17, 15) is 21.6 Å². The molecule has 0 bridgehead atoms. The van der Waals surface area contributed by atoms with Gasteiger partial charge in [0.15, 0.2) is 0 Å². The van der Waals surface area contributed by atoms with Gasteiger partial charge in [-0.05, 0) is 60.7 Å². The monoisotopic (exact) mass is 556 g/mol. The van der Waals surface area contributed by atoms with Crippen molar-refractivity contribution in [2.45, 2.75) is 9.79 Å². The summed E-state index contributed by atoms with van der Waals surface area (Å²) in [6.07, 6.45) is 1.46. The van der Waals surface area contributed by atoms with Crippen LogP contribution in [-0.2, 0) is 24.8 Å². The highest BCUT2D eigenvalue weighted by atomic mass is 35.5. The molecule has 1 aromatic heterocycles. The van der Waals surface area contributed by atoms with Crippen LogP contribution in [0.15, 0.2) is 113 Å². The van der Waals surface area contributed by atoms with Crippen LogP contribution in [-0.4, -0.2) is 34.3 Å². The fraction of sp³-hybridized carbons (Fsp3) is 0.0400. The second-order valence-electron chi connectivity index (χ2n) is 7.67. The fourth-order valence-electron chi connectivity index (χ4n) is 3.34. The Morgan fingerprint density at radius 2 is 1.43 bits per heavy atom. The third-order valence-corrected chi connectivity index (χ3v) is 8.56. The number of sulfonamides is 2. The lowest BCUT2D eigenvalue weighted by molar-refractivity contribution is -0.114. The van der Waals surface area contributed by atoms with Gasteiger partial charge in [-0.2, -0.15) is 0 Å². The minimum Gasteiger partial charge on any atom is -0.325 e. The van der Waals surface area contributed by atoms with Gasteiger partial charge in [0, 0.05) is 11.9 Å². The molecule has 3 aromatic carbocycles. The molecule has 0 atom stereocenters. The highest BCUT2D eigenvalue weighted by molar-refractivity contribution is 7.93. The number of anilines is 3. The Hall–Kier alpha value is -3.93. The summed E-state index contributed by atoms with van der Waals surface area (Å²) in [4.78, 5) is 16.8. The Labute approximate surface area is 219 Å². The lowest BCUT2D eigenvalue weighted by atomic mass is 10.3. The van der Waals surface area contributed by atoms with E-state index in [0.29, 0.717) is 0 Å². The van der Waals surface area contributed by atoms with Crippen molar-refractivity contribution in [3.05, 3.63) is 108 Å². The molecule has 1 amide bonds. The quantitative estimate of drug-likeness (QED) is 0.315. The molecular weight excluding hydrogens is 536 g/mol. The topological polar surface area (TPSA) is 126 Å². The number of halogens is 1. The van der Waals surface area contributed by atoms with E-state index >= 15 is 0 Å². The summed E-state index contributed by atoms with van der Waals surface area (Å²) in [5, 5.41) is 2.76. The number of carbonyl (C=O) groups excluding carboxylic acids is 1. The van der Waals surface area contributed by atoms with E-state index in [-0.39, 0.29) is 32.0 Å². The lowest BCUT2D eigenvalue weighted by Crippen LogP contribution is -2.38. The van der Waals surface area contributed by atoms with Crippen LogP contribution < -0.4 is 14.3 Å². The summed E-state index contributed by atoms with van der Waals surface area (Å²) in [6, 6.07) is 24.2. The molecule has 0 radical (unpaired) electrons. The number of carbonyl (C=O) groups is 1. The van der Waals surface area contributed by atoms with E-state index < -0.39 is 32.5 Å². The SMILES string of the molecule is O=C(CN(c1ccccc1Cl)S(=O)(=O)c1ccccc1)Nc1ccc(S(=O)(=O)Nc2ccccn2)cc1. The Bertz CT molecular complexity index is 1600. The molecule has 190 valence electrons. The third-order valence-electron chi connectivity index (χ3n) is 5.09. The first-order valence-corrected chi connectivity index (χ1v) is 14.1.